The summed E-state index contributed by atoms with van der Waals surface area (Å²) < 4.78 is 52.2. The quantitative estimate of drug-likeness (QED) is 0.143. The maximum atomic E-state index is 13.6. The smallest absolute Gasteiger partial charge is 0.369 e. The van der Waals surface area contributed by atoms with Crippen LogP contribution in [0.4, 0.5) is 23.2 Å². The van der Waals surface area contributed by atoms with Gasteiger partial charge in [0.2, 0.25) is 0 Å². The first-order chi connectivity index (χ1) is 18.9. The molecule has 8 heteroatoms. The highest BCUT2D eigenvalue weighted by Gasteiger charge is 2.25. The normalized spacial score (nSPS) is 14.9. The molecule has 0 unspecified atom stereocenters. The number of hydrogen-bond acceptors (Lipinski definition) is 3. The average Bonchev–Trinajstić information content (AvgIpc) is 3.32. The molecular formula is C31H42F4N4. The molecule has 1 aromatic heterocycles. The zero-order valence-electron chi connectivity index (χ0n) is 22.9. The van der Waals surface area contributed by atoms with Crippen molar-refractivity contribution in [1.82, 2.24) is 14.5 Å². The van der Waals surface area contributed by atoms with E-state index in [0.29, 0.717) is 6.42 Å². The predicted molar refractivity (Wildman–Crippen MR) is 151 cm³/mol. The summed E-state index contributed by atoms with van der Waals surface area (Å²) >= 11 is 0. The summed E-state index contributed by atoms with van der Waals surface area (Å²) in [4.78, 5) is 9.38. The minimum absolute atomic E-state index is 0.221. The van der Waals surface area contributed by atoms with Crippen LogP contribution in [0.15, 0.2) is 48.8 Å². The first-order valence-corrected chi connectivity index (χ1v) is 14.6. The van der Waals surface area contributed by atoms with Crippen LogP contribution in [-0.4, -0.2) is 53.4 Å². The van der Waals surface area contributed by atoms with Crippen LogP contribution in [0.3, 0.4) is 0 Å². The number of aryl methyl sites for hydroxylation is 2. The number of piperazine rings is 1. The number of fused-ring (bicyclic) bond motifs is 1. The van der Waals surface area contributed by atoms with Crippen LogP contribution in [0.25, 0.3) is 11.0 Å². The summed E-state index contributed by atoms with van der Waals surface area (Å²) in [5, 5.41) is 0. The number of imidazole rings is 1. The lowest BCUT2D eigenvalue weighted by molar-refractivity contribution is -0.135. The lowest BCUT2D eigenvalue weighted by Crippen LogP contribution is -2.46. The van der Waals surface area contributed by atoms with E-state index in [9.17, 15) is 17.6 Å². The average molecular weight is 547 g/mol. The first-order valence-electron chi connectivity index (χ1n) is 14.6. The fraction of sp³-hybridized carbons (Fsp3) is 0.581. The van der Waals surface area contributed by atoms with Gasteiger partial charge in [-0.15, -0.1) is 0 Å². The van der Waals surface area contributed by atoms with Crippen molar-refractivity contribution >= 4 is 16.7 Å². The number of aromatic nitrogens is 2. The molecule has 1 saturated heterocycles. The minimum Gasteiger partial charge on any atom is -0.369 e. The molecule has 0 spiro atoms. The third kappa shape index (κ3) is 9.82. The molecule has 4 rings (SSSR count). The summed E-state index contributed by atoms with van der Waals surface area (Å²) in [5.74, 6) is -0.221. The topological polar surface area (TPSA) is 24.3 Å². The highest BCUT2D eigenvalue weighted by Crippen LogP contribution is 2.24. The molecule has 1 fully saturated rings. The summed E-state index contributed by atoms with van der Waals surface area (Å²) in [6.07, 6.45) is 6.61. The first kappa shape index (κ1) is 29.4. The number of hydrogen-bond donors (Lipinski definition) is 0. The van der Waals surface area contributed by atoms with Crippen molar-refractivity contribution in [2.24, 2.45) is 0 Å². The molecule has 3 aromatic rings. The number of rotatable bonds is 15. The van der Waals surface area contributed by atoms with Gasteiger partial charge in [0.05, 0.1) is 17.4 Å². The molecule has 0 amide bonds. The van der Waals surface area contributed by atoms with Crippen molar-refractivity contribution in [3.63, 3.8) is 0 Å². The van der Waals surface area contributed by atoms with Gasteiger partial charge in [-0.3, -0.25) is 4.90 Å². The molecule has 2 heterocycles. The number of halogens is 4. The summed E-state index contributed by atoms with van der Waals surface area (Å²) in [6, 6.07) is 13.6. The van der Waals surface area contributed by atoms with Crippen molar-refractivity contribution < 1.29 is 17.6 Å². The highest BCUT2D eigenvalue weighted by atomic mass is 19.4. The van der Waals surface area contributed by atoms with Crippen LogP contribution in [0, 0.1) is 5.82 Å². The summed E-state index contributed by atoms with van der Waals surface area (Å²) in [5.41, 5.74) is 4.38. The van der Waals surface area contributed by atoms with Gasteiger partial charge in [-0.1, -0.05) is 44.2 Å². The fourth-order valence-corrected chi connectivity index (χ4v) is 5.50. The molecule has 0 atom stereocenters. The van der Waals surface area contributed by atoms with Gasteiger partial charge in [0, 0.05) is 44.8 Å². The second kappa shape index (κ2) is 14.7. The van der Waals surface area contributed by atoms with E-state index in [-0.39, 0.29) is 12.2 Å². The zero-order chi connectivity index (χ0) is 27.5. The van der Waals surface area contributed by atoms with Gasteiger partial charge in [-0.25, -0.2) is 9.37 Å². The van der Waals surface area contributed by atoms with Crippen molar-refractivity contribution in [3.8, 4) is 0 Å². The zero-order valence-corrected chi connectivity index (χ0v) is 22.9. The van der Waals surface area contributed by atoms with Gasteiger partial charge in [0.1, 0.15) is 5.82 Å². The Morgan fingerprint density at radius 3 is 2.23 bits per heavy atom. The number of unbranched alkanes of at least 4 members (excludes halogenated alkanes) is 7. The van der Waals surface area contributed by atoms with Gasteiger partial charge >= 0.3 is 6.18 Å². The molecule has 39 heavy (non-hydrogen) atoms. The van der Waals surface area contributed by atoms with Crippen LogP contribution >= 0.6 is 0 Å². The van der Waals surface area contributed by atoms with E-state index >= 15 is 0 Å². The van der Waals surface area contributed by atoms with E-state index in [2.05, 4.69) is 39.0 Å². The number of anilines is 1. The maximum absolute atomic E-state index is 13.6. The fourth-order valence-electron chi connectivity index (χ4n) is 5.50. The van der Waals surface area contributed by atoms with E-state index in [1.165, 1.54) is 17.3 Å². The number of nitrogens with zero attached hydrogens (tertiary/aromatic N) is 4. The van der Waals surface area contributed by atoms with E-state index < -0.39 is 12.6 Å². The van der Waals surface area contributed by atoms with Gasteiger partial charge in [0.15, 0.2) is 0 Å². The van der Waals surface area contributed by atoms with Crippen molar-refractivity contribution in [2.75, 3.05) is 37.6 Å². The standard InChI is InChI=1S/C31H42F4N4/c32-27-14-15-29-30(24-27)39(25-36-29)18-9-8-17-37-19-21-38(22-20-37)28-13-10-12-26(23-28)11-6-4-2-1-3-5-7-16-31(33,34)35/h10,12-15,23-25H,1-9,11,16-22H2. The second-order valence-corrected chi connectivity index (χ2v) is 10.9. The van der Waals surface area contributed by atoms with Crippen LogP contribution in [0.2, 0.25) is 0 Å². The Morgan fingerprint density at radius 1 is 0.744 bits per heavy atom. The molecule has 0 aliphatic carbocycles. The molecule has 1 aliphatic rings. The van der Waals surface area contributed by atoms with E-state index in [4.69, 9.17) is 0 Å². The van der Waals surface area contributed by atoms with Gasteiger partial charge < -0.3 is 9.47 Å². The monoisotopic (exact) mass is 546 g/mol. The Bertz CT molecular complexity index is 1140. The van der Waals surface area contributed by atoms with Crippen LogP contribution in [0.1, 0.15) is 69.8 Å². The summed E-state index contributed by atoms with van der Waals surface area (Å²) in [7, 11) is 0. The largest absolute Gasteiger partial charge is 0.389 e. The van der Waals surface area contributed by atoms with E-state index in [1.807, 2.05) is 10.9 Å². The van der Waals surface area contributed by atoms with Crippen LogP contribution in [0.5, 0.6) is 0 Å². The molecule has 2 aromatic carbocycles. The molecule has 0 saturated carbocycles. The van der Waals surface area contributed by atoms with Gasteiger partial charge in [0.25, 0.3) is 0 Å². The number of alkyl halides is 3. The second-order valence-electron chi connectivity index (χ2n) is 10.9. The Kier molecular flexibility index (Phi) is 11.1. The van der Waals surface area contributed by atoms with Crippen molar-refractivity contribution in [2.45, 2.75) is 83.4 Å². The van der Waals surface area contributed by atoms with E-state index in [0.717, 1.165) is 102 Å². The minimum atomic E-state index is -4.01. The van der Waals surface area contributed by atoms with E-state index in [1.54, 1.807) is 12.1 Å². The maximum Gasteiger partial charge on any atom is 0.389 e. The van der Waals surface area contributed by atoms with Crippen LogP contribution in [-0.2, 0) is 13.0 Å². The number of benzene rings is 2. The Balaban J connectivity index is 1.08. The van der Waals surface area contributed by atoms with Crippen molar-refractivity contribution in [3.05, 3.63) is 60.2 Å². The third-order valence-corrected chi connectivity index (χ3v) is 7.78. The predicted octanol–water partition coefficient (Wildman–Crippen LogP) is 8.00. The molecule has 1 aliphatic heterocycles. The lowest BCUT2D eigenvalue weighted by atomic mass is 10.0. The lowest BCUT2D eigenvalue weighted by Gasteiger charge is -2.36. The Hall–Kier alpha value is -2.61. The van der Waals surface area contributed by atoms with Crippen LogP contribution < -0.4 is 4.90 Å². The molecular weight excluding hydrogens is 504 g/mol. The SMILES string of the molecule is Fc1ccc2ncn(CCCCN3CCN(c4cccc(CCCCCCCCCC(F)(F)F)c4)CC3)c2c1. The van der Waals surface area contributed by atoms with Gasteiger partial charge in [-0.05, 0) is 74.5 Å². The molecule has 0 radical (unpaired) electrons. The highest BCUT2D eigenvalue weighted by molar-refractivity contribution is 5.75. The summed E-state index contributed by atoms with van der Waals surface area (Å²) in [6.45, 7) is 6.12. The molecule has 0 bridgehead atoms. The third-order valence-electron chi connectivity index (χ3n) is 7.78. The Morgan fingerprint density at radius 2 is 1.46 bits per heavy atom. The molecule has 214 valence electrons. The molecule has 0 N–H and O–H groups in total. The molecule has 4 nitrogen and oxygen atoms in total. The Labute approximate surface area is 230 Å². The van der Waals surface area contributed by atoms with Gasteiger partial charge in [-0.2, -0.15) is 13.2 Å². The van der Waals surface area contributed by atoms with Crippen molar-refractivity contribution in [1.29, 1.82) is 0 Å².